The van der Waals surface area contributed by atoms with Gasteiger partial charge in [0.2, 0.25) is 0 Å². The molecular formula is C33H32Cl3N3O4. The third-order valence-corrected chi connectivity index (χ3v) is 7.30. The van der Waals surface area contributed by atoms with E-state index in [1.54, 1.807) is 25.3 Å². The van der Waals surface area contributed by atoms with Crippen molar-refractivity contribution >= 4 is 63.6 Å². The van der Waals surface area contributed by atoms with Crippen LogP contribution >= 0.6 is 34.8 Å². The highest BCUT2D eigenvalue weighted by atomic mass is 35.5. The zero-order chi connectivity index (χ0) is 30.9. The summed E-state index contributed by atoms with van der Waals surface area (Å²) in [5.74, 6) is 0.104. The van der Waals surface area contributed by atoms with Crippen molar-refractivity contribution in [1.82, 2.24) is 10.7 Å². The lowest BCUT2D eigenvalue weighted by Crippen LogP contribution is -2.49. The molecule has 0 saturated carbocycles. The van der Waals surface area contributed by atoms with Crippen molar-refractivity contribution < 1.29 is 19.1 Å². The number of nitrogens with one attached hydrogen (secondary N) is 2. The van der Waals surface area contributed by atoms with E-state index in [2.05, 4.69) is 15.8 Å². The van der Waals surface area contributed by atoms with Gasteiger partial charge in [-0.15, -0.1) is 0 Å². The Morgan fingerprint density at radius 1 is 0.860 bits per heavy atom. The fourth-order valence-corrected chi connectivity index (χ4v) is 4.90. The maximum atomic E-state index is 13.2. The Balaban J connectivity index is 1.47. The number of amides is 2. The molecule has 4 aromatic rings. The van der Waals surface area contributed by atoms with E-state index < -0.39 is 24.0 Å². The van der Waals surface area contributed by atoms with E-state index in [4.69, 9.17) is 44.3 Å². The van der Waals surface area contributed by atoms with Gasteiger partial charge >= 0.3 is 0 Å². The minimum atomic E-state index is -0.916. The van der Waals surface area contributed by atoms with Crippen LogP contribution in [0.1, 0.15) is 38.3 Å². The minimum Gasteiger partial charge on any atom is -0.488 e. The molecule has 2 atom stereocenters. The molecule has 0 aliphatic rings. The number of carbonyl (C=O) groups excluding carboxylic acids is 2. The second-order valence-corrected chi connectivity index (χ2v) is 11.7. The maximum absolute atomic E-state index is 13.2. The van der Waals surface area contributed by atoms with Gasteiger partial charge in [0.1, 0.15) is 24.1 Å². The van der Waals surface area contributed by atoms with Crippen LogP contribution in [0.15, 0.2) is 84.0 Å². The Bertz CT molecular complexity index is 1610. The number of carbonyl (C=O) groups is 2. The van der Waals surface area contributed by atoms with Crippen LogP contribution in [0.5, 0.6) is 11.5 Å². The van der Waals surface area contributed by atoms with Gasteiger partial charge < -0.3 is 14.8 Å². The second-order valence-electron chi connectivity index (χ2n) is 10.4. The topological polar surface area (TPSA) is 89.0 Å². The van der Waals surface area contributed by atoms with Crippen LogP contribution in [0.4, 0.5) is 0 Å². The van der Waals surface area contributed by atoms with Crippen molar-refractivity contribution in [3.63, 3.8) is 0 Å². The molecule has 43 heavy (non-hydrogen) atoms. The Kier molecular flexibility index (Phi) is 11.3. The van der Waals surface area contributed by atoms with E-state index in [-0.39, 0.29) is 10.9 Å². The summed E-state index contributed by atoms with van der Waals surface area (Å²) in [5.41, 5.74) is 4.25. The van der Waals surface area contributed by atoms with Crippen LogP contribution in [-0.4, -0.2) is 30.2 Å². The van der Waals surface area contributed by atoms with E-state index in [9.17, 15) is 9.59 Å². The summed E-state index contributed by atoms with van der Waals surface area (Å²) in [7, 11) is 0. The third-order valence-electron chi connectivity index (χ3n) is 6.51. The van der Waals surface area contributed by atoms with Gasteiger partial charge in [0, 0.05) is 15.6 Å². The Morgan fingerprint density at radius 2 is 1.56 bits per heavy atom. The SMILES string of the molecule is CC(C)C[C@@H](NC(=O)[C@H](C)Oc1ccc(Cl)cc1Cl)C(=O)N/N=C\c1c(OCc2ccc(Cl)cc2)ccc2ccccc12. The molecule has 0 radical (unpaired) electrons. The van der Waals surface area contributed by atoms with Crippen molar-refractivity contribution in [2.75, 3.05) is 0 Å². The lowest BCUT2D eigenvalue weighted by Gasteiger charge is -2.22. The molecule has 0 saturated heterocycles. The van der Waals surface area contributed by atoms with Gasteiger partial charge in [-0.3, -0.25) is 9.59 Å². The fourth-order valence-electron chi connectivity index (χ4n) is 4.32. The Labute approximate surface area is 266 Å². The van der Waals surface area contributed by atoms with Gasteiger partial charge in [-0.05, 0) is 72.0 Å². The van der Waals surface area contributed by atoms with Gasteiger partial charge in [-0.25, -0.2) is 5.43 Å². The molecule has 0 spiro atoms. The normalized spacial score (nSPS) is 12.7. The van der Waals surface area contributed by atoms with Crippen molar-refractivity contribution in [2.24, 2.45) is 11.0 Å². The van der Waals surface area contributed by atoms with Crippen LogP contribution in [0.25, 0.3) is 10.8 Å². The van der Waals surface area contributed by atoms with E-state index >= 15 is 0 Å². The summed E-state index contributed by atoms with van der Waals surface area (Å²) in [5, 5.41) is 10.3. The van der Waals surface area contributed by atoms with Crippen LogP contribution in [0.3, 0.4) is 0 Å². The molecule has 2 amide bonds. The summed E-state index contributed by atoms with van der Waals surface area (Å²) in [6.45, 7) is 5.83. The predicted octanol–water partition coefficient (Wildman–Crippen LogP) is 7.83. The van der Waals surface area contributed by atoms with Gasteiger partial charge in [-0.1, -0.05) is 91.1 Å². The van der Waals surface area contributed by atoms with Crippen LogP contribution in [0.2, 0.25) is 15.1 Å². The number of halogens is 3. The molecule has 7 nitrogen and oxygen atoms in total. The number of benzene rings is 4. The number of fused-ring (bicyclic) bond motifs is 1. The molecule has 0 heterocycles. The summed E-state index contributed by atoms with van der Waals surface area (Å²) < 4.78 is 11.9. The first-order valence-electron chi connectivity index (χ1n) is 13.7. The molecule has 4 aromatic carbocycles. The van der Waals surface area contributed by atoms with Crippen molar-refractivity contribution in [2.45, 2.75) is 45.9 Å². The average Bonchev–Trinajstić information content (AvgIpc) is 2.98. The van der Waals surface area contributed by atoms with E-state index in [1.165, 1.54) is 6.07 Å². The third kappa shape index (κ3) is 9.10. The van der Waals surface area contributed by atoms with Crippen LogP contribution in [-0.2, 0) is 16.2 Å². The maximum Gasteiger partial charge on any atom is 0.262 e. The first kappa shape index (κ1) is 32.1. The average molecular weight is 641 g/mol. The van der Waals surface area contributed by atoms with E-state index in [1.807, 2.05) is 74.5 Å². The summed E-state index contributed by atoms with van der Waals surface area (Å²) >= 11 is 18.1. The molecule has 0 aliphatic heterocycles. The molecule has 0 aliphatic carbocycles. The van der Waals surface area contributed by atoms with Crippen molar-refractivity contribution in [3.05, 3.63) is 105 Å². The zero-order valence-corrected chi connectivity index (χ0v) is 26.2. The number of hydrazone groups is 1. The first-order valence-corrected chi connectivity index (χ1v) is 14.9. The Morgan fingerprint density at radius 3 is 2.28 bits per heavy atom. The van der Waals surface area contributed by atoms with E-state index in [0.29, 0.717) is 40.1 Å². The highest BCUT2D eigenvalue weighted by Crippen LogP contribution is 2.29. The number of rotatable bonds is 12. The predicted molar refractivity (Wildman–Crippen MR) is 173 cm³/mol. The first-order chi connectivity index (χ1) is 20.6. The Hall–Kier alpha value is -3.78. The second kappa shape index (κ2) is 15.1. The minimum absolute atomic E-state index is 0.118. The van der Waals surface area contributed by atoms with Gasteiger partial charge in [0.05, 0.1) is 11.2 Å². The highest BCUT2D eigenvalue weighted by molar-refractivity contribution is 6.35. The molecule has 10 heteroatoms. The standard InChI is InChI=1S/C33H32Cl3N3O4/c1-20(2)16-29(38-32(40)21(3)43-31-15-13-25(35)17-28(31)36)33(41)39-37-18-27-26-7-5-4-6-23(26)10-14-30(27)42-19-22-8-11-24(34)12-9-22/h4-15,17-18,20-21,29H,16,19H2,1-3H3,(H,38,40)(H,39,41)/b37-18-/t21-,29+/m0/s1. The highest BCUT2D eigenvalue weighted by Gasteiger charge is 2.25. The molecule has 0 bridgehead atoms. The molecule has 0 fully saturated rings. The smallest absolute Gasteiger partial charge is 0.262 e. The molecule has 0 unspecified atom stereocenters. The summed E-state index contributed by atoms with van der Waals surface area (Å²) in [6.07, 6.45) is 1.03. The zero-order valence-electron chi connectivity index (χ0n) is 23.9. The van der Waals surface area contributed by atoms with Gasteiger partial charge in [0.25, 0.3) is 11.8 Å². The number of ether oxygens (including phenoxy) is 2. The lowest BCUT2D eigenvalue weighted by molar-refractivity contribution is -0.132. The molecule has 0 aromatic heterocycles. The van der Waals surface area contributed by atoms with Crippen LogP contribution < -0.4 is 20.2 Å². The van der Waals surface area contributed by atoms with Crippen LogP contribution in [0, 0.1) is 5.92 Å². The molecule has 2 N–H and O–H groups in total. The summed E-state index contributed by atoms with van der Waals surface area (Å²) in [4.78, 5) is 26.2. The lowest BCUT2D eigenvalue weighted by atomic mass is 10.0. The van der Waals surface area contributed by atoms with Crippen molar-refractivity contribution in [3.8, 4) is 11.5 Å². The largest absolute Gasteiger partial charge is 0.488 e. The van der Waals surface area contributed by atoms with Crippen molar-refractivity contribution in [1.29, 1.82) is 0 Å². The van der Waals surface area contributed by atoms with Gasteiger partial charge in [0.15, 0.2) is 6.10 Å². The number of hydrogen-bond donors (Lipinski definition) is 2. The monoisotopic (exact) mass is 639 g/mol. The van der Waals surface area contributed by atoms with E-state index in [0.717, 1.165) is 16.3 Å². The number of hydrogen-bond acceptors (Lipinski definition) is 5. The molecule has 4 rings (SSSR count). The van der Waals surface area contributed by atoms with Gasteiger partial charge in [-0.2, -0.15) is 5.10 Å². The number of nitrogens with zero attached hydrogens (tertiary/aromatic N) is 1. The quantitative estimate of drug-likeness (QED) is 0.122. The molecule has 224 valence electrons. The molecular weight excluding hydrogens is 609 g/mol. The fraction of sp³-hybridized carbons (Fsp3) is 0.242. The summed E-state index contributed by atoms with van der Waals surface area (Å²) in [6, 6.07) is 23.0.